The molecule has 2 aromatic rings. The van der Waals surface area contributed by atoms with Gasteiger partial charge in [-0.05, 0) is 37.1 Å². The lowest BCUT2D eigenvalue weighted by molar-refractivity contribution is -0.124. The van der Waals surface area contributed by atoms with E-state index in [1.54, 1.807) is 0 Å². The number of ether oxygens (including phenoxy) is 1. The highest BCUT2D eigenvalue weighted by Gasteiger charge is 2.36. The monoisotopic (exact) mass is 365 g/mol. The van der Waals surface area contributed by atoms with Crippen molar-refractivity contribution in [3.05, 3.63) is 60.2 Å². The molecule has 0 saturated carbocycles. The van der Waals surface area contributed by atoms with Crippen LogP contribution in [0.1, 0.15) is 24.4 Å². The highest BCUT2D eigenvalue weighted by atomic mass is 16.5. The quantitative estimate of drug-likeness (QED) is 0.900. The van der Waals surface area contributed by atoms with E-state index in [-0.39, 0.29) is 30.4 Å². The van der Waals surface area contributed by atoms with Crippen LogP contribution in [0.25, 0.3) is 0 Å². The number of fused-ring (bicyclic) bond motifs is 1. The maximum atomic E-state index is 13.3. The molecule has 2 aliphatic rings. The number of carbonyl (C=O) groups excluding carboxylic acids is 2. The normalized spacial score (nSPS) is 22.1. The van der Waals surface area contributed by atoms with E-state index in [1.807, 2.05) is 64.4 Å². The number of hydrogen-bond donors (Lipinski definition) is 1. The van der Waals surface area contributed by atoms with Crippen molar-refractivity contribution in [3.63, 3.8) is 0 Å². The molecule has 0 bridgehead atoms. The summed E-state index contributed by atoms with van der Waals surface area (Å²) >= 11 is 0. The fourth-order valence-electron chi connectivity index (χ4n) is 4.01. The topological polar surface area (TPSA) is 75.9 Å². The third-order valence-corrected chi connectivity index (χ3v) is 5.32. The number of amides is 2. The summed E-state index contributed by atoms with van der Waals surface area (Å²) in [6, 6.07) is 16.9. The van der Waals surface area contributed by atoms with E-state index in [0.717, 1.165) is 17.7 Å². The smallest absolute Gasteiger partial charge is 0.241 e. The molecule has 0 aliphatic carbocycles. The summed E-state index contributed by atoms with van der Waals surface area (Å²) in [4.78, 5) is 28.7. The number of carbonyl (C=O) groups is 2. The third kappa shape index (κ3) is 3.40. The van der Waals surface area contributed by atoms with Crippen LogP contribution in [0.3, 0.4) is 0 Å². The second kappa shape index (κ2) is 7.40. The van der Waals surface area contributed by atoms with Crippen molar-refractivity contribution in [2.24, 2.45) is 5.73 Å². The predicted molar refractivity (Wildman–Crippen MR) is 102 cm³/mol. The zero-order valence-corrected chi connectivity index (χ0v) is 15.1. The minimum absolute atomic E-state index is 0.0484. The van der Waals surface area contributed by atoms with E-state index in [1.165, 1.54) is 0 Å². The second-order valence-electron chi connectivity index (χ2n) is 7.00. The lowest BCUT2D eigenvalue weighted by Gasteiger charge is -2.38. The molecule has 6 nitrogen and oxygen atoms in total. The van der Waals surface area contributed by atoms with Crippen LogP contribution >= 0.6 is 0 Å². The lowest BCUT2D eigenvalue weighted by Crippen LogP contribution is -2.49. The lowest BCUT2D eigenvalue weighted by atomic mass is 10.0. The van der Waals surface area contributed by atoms with Crippen LogP contribution in [0.5, 0.6) is 5.75 Å². The Morgan fingerprint density at radius 2 is 1.81 bits per heavy atom. The summed E-state index contributed by atoms with van der Waals surface area (Å²) in [6.45, 7) is 1.28. The molecule has 0 unspecified atom stereocenters. The fraction of sp³-hybridized carbons (Fsp3) is 0.333. The van der Waals surface area contributed by atoms with Crippen molar-refractivity contribution in [3.8, 4) is 5.75 Å². The molecule has 4 rings (SSSR count). The molecular formula is C21H23N3O3. The Kier molecular flexibility index (Phi) is 4.81. The molecule has 2 atom stereocenters. The Labute approximate surface area is 158 Å². The first kappa shape index (κ1) is 17.5. The van der Waals surface area contributed by atoms with Gasteiger partial charge in [0.25, 0.3) is 0 Å². The molecule has 2 aromatic carbocycles. The summed E-state index contributed by atoms with van der Waals surface area (Å²) in [5.41, 5.74) is 7.29. The molecule has 2 aliphatic heterocycles. The van der Waals surface area contributed by atoms with Gasteiger partial charge in [0.15, 0.2) is 0 Å². The van der Waals surface area contributed by atoms with E-state index in [2.05, 4.69) is 0 Å². The van der Waals surface area contributed by atoms with Crippen LogP contribution in [-0.2, 0) is 9.59 Å². The number of likely N-dealkylation sites (tertiary alicyclic amines) is 1. The van der Waals surface area contributed by atoms with E-state index in [9.17, 15) is 9.59 Å². The average molecular weight is 365 g/mol. The predicted octanol–water partition coefficient (Wildman–Crippen LogP) is 2.10. The van der Waals surface area contributed by atoms with Crippen molar-refractivity contribution in [1.82, 2.24) is 4.90 Å². The van der Waals surface area contributed by atoms with Gasteiger partial charge in [-0.15, -0.1) is 0 Å². The van der Waals surface area contributed by atoms with Gasteiger partial charge < -0.3 is 10.5 Å². The van der Waals surface area contributed by atoms with E-state index in [4.69, 9.17) is 10.5 Å². The van der Waals surface area contributed by atoms with Gasteiger partial charge >= 0.3 is 0 Å². The second-order valence-corrected chi connectivity index (χ2v) is 7.00. The molecule has 1 fully saturated rings. The summed E-state index contributed by atoms with van der Waals surface area (Å²) in [5.74, 6) is 0.293. The first-order chi connectivity index (χ1) is 13.1. The van der Waals surface area contributed by atoms with Crippen LogP contribution in [0.2, 0.25) is 0 Å². The molecule has 0 radical (unpaired) electrons. The van der Waals surface area contributed by atoms with Crippen LogP contribution in [0.15, 0.2) is 54.6 Å². The summed E-state index contributed by atoms with van der Waals surface area (Å²) < 4.78 is 5.92. The zero-order valence-electron chi connectivity index (χ0n) is 15.1. The number of anilines is 1. The Morgan fingerprint density at radius 3 is 2.59 bits per heavy atom. The SMILES string of the molecule is NC(=O)[C@@H]1CCCN1CC(=O)N1c2ccccc2OC[C@H]1c1ccccc1. The average Bonchev–Trinajstić information content (AvgIpc) is 3.16. The number of rotatable bonds is 4. The van der Waals surface area contributed by atoms with Crippen LogP contribution in [0, 0.1) is 0 Å². The van der Waals surface area contributed by atoms with Gasteiger partial charge in [-0.2, -0.15) is 0 Å². The number of nitrogens with zero attached hydrogens (tertiary/aromatic N) is 2. The van der Waals surface area contributed by atoms with Crippen molar-refractivity contribution in [2.75, 3.05) is 24.6 Å². The minimum atomic E-state index is -0.361. The Morgan fingerprint density at radius 1 is 1.07 bits per heavy atom. The molecule has 140 valence electrons. The standard InChI is InChI=1S/C21H23N3O3/c22-21(26)17-10-6-12-23(17)13-20(25)24-16-9-4-5-11-19(16)27-14-18(24)15-7-2-1-3-8-15/h1-5,7-9,11,17-18H,6,10,12-14H2,(H2,22,26)/t17-,18-/m0/s1. The molecule has 2 heterocycles. The maximum absolute atomic E-state index is 13.3. The largest absolute Gasteiger partial charge is 0.489 e. The number of para-hydroxylation sites is 2. The molecule has 6 heteroatoms. The summed E-state index contributed by atoms with van der Waals surface area (Å²) in [6.07, 6.45) is 1.59. The Hall–Kier alpha value is -2.86. The highest BCUT2D eigenvalue weighted by molar-refractivity contribution is 5.98. The van der Waals surface area contributed by atoms with Crippen molar-refractivity contribution in [1.29, 1.82) is 0 Å². The number of benzene rings is 2. The fourth-order valence-corrected chi connectivity index (χ4v) is 4.01. The van der Waals surface area contributed by atoms with Gasteiger partial charge in [0.1, 0.15) is 12.4 Å². The van der Waals surface area contributed by atoms with Crippen LogP contribution < -0.4 is 15.4 Å². The molecule has 0 aromatic heterocycles. The van der Waals surface area contributed by atoms with Gasteiger partial charge in [0.2, 0.25) is 11.8 Å². The van der Waals surface area contributed by atoms with Crippen molar-refractivity contribution < 1.29 is 14.3 Å². The molecule has 2 N–H and O–H groups in total. The van der Waals surface area contributed by atoms with E-state index in [0.29, 0.717) is 25.3 Å². The van der Waals surface area contributed by atoms with Crippen molar-refractivity contribution in [2.45, 2.75) is 24.9 Å². The zero-order chi connectivity index (χ0) is 18.8. The highest BCUT2D eigenvalue weighted by Crippen LogP contribution is 2.39. The van der Waals surface area contributed by atoms with Gasteiger partial charge in [0.05, 0.1) is 24.3 Å². The Balaban J connectivity index is 1.65. The molecule has 1 saturated heterocycles. The third-order valence-electron chi connectivity index (χ3n) is 5.32. The number of nitrogens with two attached hydrogens (primary N) is 1. The van der Waals surface area contributed by atoms with Crippen LogP contribution in [-0.4, -0.2) is 42.5 Å². The van der Waals surface area contributed by atoms with E-state index >= 15 is 0 Å². The minimum Gasteiger partial charge on any atom is -0.489 e. The number of hydrogen-bond acceptors (Lipinski definition) is 4. The first-order valence-corrected chi connectivity index (χ1v) is 9.27. The maximum Gasteiger partial charge on any atom is 0.241 e. The van der Waals surface area contributed by atoms with E-state index < -0.39 is 0 Å². The molecule has 2 amide bonds. The molecular weight excluding hydrogens is 342 g/mol. The first-order valence-electron chi connectivity index (χ1n) is 9.27. The van der Waals surface area contributed by atoms with Gasteiger partial charge in [-0.25, -0.2) is 0 Å². The van der Waals surface area contributed by atoms with Gasteiger partial charge in [0, 0.05) is 0 Å². The Bertz CT molecular complexity index is 840. The van der Waals surface area contributed by atoms with Gasteiger partial charge in [-0.3, -0.25) is 19.4 Å². The van der Waals surface area contributed by atoms with Crippen LogP contribution in [0.4, 0.5) is 5.69 Å². The molecule has 27 heavy (non-hydrogen) atoms. The van der Waals surface area contributed by atoms with Crippen molar-refractivity contribution >= 4 is 17.5 Å². The van der Waals surface area contributed by atoms with Gasteiger partial charge in [-0.1, -0.05) is 42.5 Å². The summed E-state index contributed by atoms with van der Waals surface area (Å²) in [5, 5.41) is 0. The summed E-state index contributed by atoms with van der Waals surface area (Å²) in [7, 11) is 0. The molecule has 0 spiro atoms. The number of primary amides is 1.